The van der Waals surface area contributed by atoms with Crippen LogP contribution < -0.4 is 0 Å². The van der Waals surface area contributed by atoms with E-state index < -0.39 is 0 Å². The Bertz CT molecular complexity index is 527. The minimum Gasteiger partial charge on any atom is -0.140 e. The molecule has 1 saturated heterocycles. The quantitative estimate of drug-likeness (QED) is 0.716. The molecule has 2 heteroatoms. The summed E-state index contributed by atoms with van der Waals surface area (Å²) in [6, 6.07) is 15.5. The Labute approximate surface area is 111 Å². The van der Waals surface area contributed by atoms with E-state index in [9.17, 15) is 0 Å². The Morgan fingerprint density at radius 2 is 1.65 bits per heavy atom. The first-order valence-electron chi connectivity index (χ1n) is 6.05. The van der Waals surface area contributed by atoms with Crippen molar-refractivity contribution in [1.29, 1.82) is 0 Å². The van der Waals surface area contributed by atoms with Gasteiger partial charge < -0.3 is 0 Å². The molecule has 0 aliphatic carbocycles. The van der Waals surface area contributed by atoms with Gasteiger partial charge in [0.2, 0.25) is 0 Å². The van der Waals surface area contributed by atoms with E-state index in [-0.39, 0.29) is 4.08 Å². The smallest absolute Gasteiger partial charge is 0.0832 e. The highest BCUT2D eigenvalue weighted by atomic mass is 32.2. The van der Waals surface area contributed by atoms with E-state index in [1.807, 2.05) is 0 Å². The Kier molecular flexibility index (Phi) is 3.10. The van der Waals surface area contributed by atoms with Crippen LogP contribution in [-0.2, 0) is 4.08 Å². The maximum Gasteiger partial charge on any atom is 0.0832 e. The van der Waals surface area contributed by atoms with Gasteiger partial charge >= 0.3 is 0 Å². The van der Waals surface area contributed by atoms with Crippen LogP contribution in [0.25, 0.3) is 10.8 Å². The summed E-state index contributed by atoms with van der Waals surface area (Å²) in [5.41, 5.74) is 1.46. The first kappa shape index (κ1) is 11.5. The average Bonchev–Trinajstić information content (AvgIpc) is 2.39. The summed E-state index contributed by atoms with van der Waals surface area (Å²) < 4.78 is 0.252. The molecule has 1 aliphatic rings. The molecule has 1 heterocycles. The minimum atomic E-state index is 0.252. The van der Waals surface area contributed by atoms with E-state index in [0.29, 0.717) is 0 Å². The van der Waals surface area contributed by atoms with Crippen LogP contribution in [0.1, 0.15) is 18.9 Å². The van der Waals surface area contributed by atoms with Crippen LogP contribution in [0.2, 0.25) is 0 Å². The third kappa shape index (κ3) is 2.21. The first-order valence-corrected chi connectivity index (χ1v) is 8.02. The molecule has 0 nitrogen and oxygen atoms in total. The average molecular weight is 260 g/mol. The highest BCUT2D eigenvalue weighted by Gasteiger charge is 2.30. The van der Waals surface area contributed by atoms with Crippen LogP contribution >= 0.6 is 23.5 Å². The zero-order valence-corrected chi connectivity index (χ0v) is 11.6. The highest BCUT2D eigenvalue weighted by Crippen LogP contribution is 2.50. The topological polar surface area (TPSA) is 0 Å². The second-order valence-corrected chi connectivity index (χ2v) is 7.84. The zero-order valence-electron chi connectivity index (χ0n) is 9.98. The number of thioether (sulfide) groups is 2. The van der Waals surface area contributed by atoms with E-state index in [1.54, 1.807) is 0 Å². The molecular formula is C15H16S2. The van der Waals surface area contributed by atoms with Crippen molar-refractivity contribution in [3.63, 3.8) is 0 Å². The van der Waals surface area contributed by atoms with Crippen LogP contribution in [0.5, 0.6) is 0 Å². The number of hydrogen-bond acceptors (Lipinski definition) is 2. The van der Waals surface area contributed by atoms with Gasteiger partial charge in [0.05, 0.1) is 4.08 Å². The molecule has 0 atom stereocenters. The summed E-state index contributed by atoms with van der Waals surface area (Å²) in [7, 11) is 0. The Morgan fingerprint density at radius 3 is 2.41 bits per heavy atom. The monoisotopic (exact) mass is 260 g/mol. The van der Waals surface area contributed by atoms with E-state index in [4.69, 9.17) is 0 Å². The largest absolute Gasteiger partial charge is 0.140 e. The summed E-state index contributed by atoms with van der Waals surface area (Å²) in [5.74, 6) is 2.58. The maximum atomic E-state index is 2.37. The van der Waals surface area contributed by atoms with Crippen molar-refractivity contribution in [1.82, 2.24) is 0 Å². The van der Waals surface area contributed by atoms with Crippen LogP contribution in [0.3, 0.4) is 0 Å². The number of rotatable bonds is 1. The van der Waals surface area contributed by atoms with Crippen LogP contribution in [0.15, 0.2) is 42.5 Å². The summed E-state index contributed by atoms with van der Waals surface area (Å²) in [6.45, 7) is 2.37. The van der Waals surface area contributed by atoms with Crippen molar-refractivity contribution in [2.24, 2.45) is 0 Å². The Hall–Kier alpha value is -0.600. The molecule has 0 radical (unpaired) electrons. The van der Waals surface area contributed by atoms with Gasteiger partial charge in [0, 0.05) is 0 Å². The molecule has 3 rings (SSSR count). The summed E-state index contributed by atoms with van der Waals surface area (Å²) >= 11 is 4.18. The van der Waals surface area contributed by atoms with Crippen molar-refractivity contribution in [3.05, 3.63) is 48.0 Å². The Balaban J connectivity index is 2.05. The third-order valence-electron chi connectivity index (χ3n) is 3.32. The lowest BCUT2D eigenvalue weighted by Crippen LogP contribution is -2.18. The first-order chi connectivity index (χ1) is 8.28. The van der Waals surface area contributed by atoms with E-state index in [1.165, 1.54) is 34.3 Å². The number of benzene rings is 2. The summed E-state index contributed by atoms with van der Waals surface area (Å²) in [5, 5.41) is 2.70. The summed E-state index contributed by atoms with van der Waals surface area (Å²) in [4.78, 5) is 0. The lowest BCUT2D eigenvalue weighted by molar-refractivity contribution is 0.965. The predicted octanol–water partition coefficient (Wildman–Crippen LogP) is 4.88. The van der Waals surface area contributed by atoms with Crippen LogP contribution in [0.4, 0.5) is 0 Å². The molecule has 0 bridgehead atoms. The van der Waals surface area contributed by atoms with Crippen LogP contribution in [-0.4, -0.2) is 11.5 Å². The van der Waals surface area contributed by atoms with Gasteiger partial charge in [0.1, 0.15) is 0 Å². The number of fused-ring (bicyclic) bond motifs is 1. The van der Waals surface area contributed by atoms with Gasteiger partial charge in [-0.05, 0) is 47.3 Å². The second kappa shape index (κ2) is 4.58. The van der Waals surface area contributed by atoms with E-state index in [0.717, 1.165) is 0 Å². The van der Waals surface area contributed by atoms with Crippen molar-refractivity contribution in [3.8, 4) is 0 Å². The lowest BCUT2D eigenvalue weighted by Gasteiger charge is -2.33. The van der Waals surface area contributed by atoms with Crippen molar-refractivity contribution >= 4 is 34.3 Å². The molecule has 1 aliphatic heterocycles. The molecule has 0 aromatic heterocycles. The molecule has 1 fully saturated rings. The van der Waals surface area contributed by atoms with E-state index >= 15 is 0 Å². The van der Waals surface area contributed by atoms with Gasteiger partial charge in [-0.3, -0.25) is 0 Å². The van der Waals surface area contributed by atoms with Gasteiger partial charge in [-0.25, -0.2) is 0 Å². The standard InChI is InChI=1S/C15H16S2/c1-15(16-9-4-10-17-15)14-8-7-12-5-2-3-6-13(12)11-14/h2-3,5-8,11H,4,9-10H2,1H3. The fourth-order valence-corrected chi connectivity index (χ4v) is 5.23. The van der Waals surface area contributed by atoms with Crippen molar-refractivity contribution in [2.45, 2.75) is 17.4 Å². The molecular weight excluding hydrogens is 244 g/mol. The molecule has 88 valence electrons. The predicted molar refractivity (Wildman–Crippen MR) is 80.8 cm³/mol. The molecule has 2 aromatic carbocycles. The zero-order chi connectivity index (χ0) is 11.7. The molecule has 0 N–H and O–H groups in total. The highest BCUT2D eigenvalue weighted by molar-refractivity contribution is 8.18. The number of hydrogen-bond donors (Lipinski definition) is 0. The molecule has 0 amide bonds. The minimum absolute atomic E-state index is 0.252. The molecule has 2 aromatic rings. The molecule has 0 saturated carbocycles. The fraction of sp³-hybridized carbons (Fsp3) is 0.333. The van der Waals surface area contributed by atoms with Crippen molar-refractivity contribution < 1.29 is 0 Å². The summed E-state index contributed by atoms with van der Waals surface area (Å²) in [6.07, 6.45) is 1.35. The normalized spacial score (nSPS) is 19.4. The van der Waals surface area contributed by atoms with E-state index in [2.05, 4.69) is 72.9 Å². The van der Waals surface area contributed by atoms with Gasteiger partial charge in [0.25, 0.3) is 0 Å². The Morgan fingerprint density at radius 1 is 0.941 bits per heavy atom. The van der Waals surface area contributed by atoms with Crippen LogP contribution in [0, 0.1) is 0 Å². The second-order valence-electron chi connectivity index (χ2n) is 4.56. The lowest BCUT2D eigenvalue weighted by atomic mass is 10.1. The third-order valence-corrected chi connectivity index (χ3v) is 6.58. The fourth-order valence-electron chi connectivity index (χ4n) is 2.27. The van der Waals surface area contributed by atoms with Gasteiger partial charge in [-0.1, -0.05) is 36.4 Å². The molecule has 0 unspecified atom stereocenters. The van der Waals surface area contributed by atoms with Crippen molar-refractivity contribution in [2.75, 3.05) is 11.5 Å². The van der Waals surface area contributed by atoms with Gasteiger partial charge in [-0.2, -0.15) is 0 Å². The SMILES string of the molecule is CC1(c2ccc3ccccc3c2)SCCCS1. The van der Waals surface area contributed by atoms with Gasteiger partial charge in [0.15, 0.2) is 0 Å². The molecule has 0 spiro atoms. The molecule has 17 heavy (non-hydrogen) atoms. The maximum absolute atomic E-state index is 2.37. The van der Waals surface area contributed by atoms with Gasteiger partial charge in [-0.15, -0.1) is 23.5 Å².